The van der Waals surface area contributed by atoms with Gasteiger partial charge in [0, 0.05) is 19.9 Å². The van der Waals surface area contributed by atoms with Gasteiger partial charge >= 0.3 is 5.97 Å². The fourth-order valence-corrected chi connectivity index (χ4v) is 4.60. The Morgan fingerprint density at radius 3 is 2.58 bits per heavy atom. The van der Waals surface area contributed by atoms with E-state index in [1.807, 2.05) is 30.3 Å². The summed E-state index contributed by atoms with van der Waals surface area (Å²) < 4.78 is 4.56. The predicted octanol–water partition coefficient (Wildman–Crippen LogP) is -0.337. The van der Waals surface area contributed by atoms with Gasteiger partial charge in [-0.15, -0.1) is 0 Å². The number of carbonyl (C=O) groups excluding carboxylic acids is 5. The Balaban J connectivity index is 1.68. The first kappa shape index (κ1) is 24.2. The van der Waals surface area contributed by atoms with Crippen molar-refractivity contribution in [3.05, 3.63) is 35.9 Å². The highest BCUT2D eigenvalue weighted by Crippen LogP contribution is 2.38. The van der Waals surface area contributed by atoms with Crippen LogP contribution in [0.2, 0.25) is 0 Å². The molecule has 0 radical (unpaired) electrons. The average Bonchev–Trinajstić information content (AvgIpc) is 3.25. The molecule has 1 aromatic rings. The van der Waals surface area contributed by atoms with E-state index < -0.39 is 29.5 Å². The van der Waals surface area contributed by atoms with Crippen molar-refractivity contribution in [2.75, 3.05) is 20.2 Å². The summed E-state index contributed by atoms with van der Waals surface area (Å²) in [6.07, 6.45) is 2.08. The van der Waals surface area contributed by atoms with Crippen molar-refractivity contribution in [3.63, 3.8) is 0 Å². The molecule has 0 aliphatic carbocycles. The predicted molar refractivity (Wildman–Crippen MR) is 118 cm³/mol. The molecule has 10 nitrogen and oxygen atoms in total. The van der Waals surface area contributed by atoms with Gasteiger partial charge in [0.05, 0.1) is 7.11 Å². The highest BCUT2D eigenvalue weighted by atomic mass is 16.5. The van der Waals surface area contributed by atoms with Gasteiger partial charge in [-0.1, -0.05) is 30.3 Å². The molecule has 2 aliphatic heterocycles. The number of piperidine rings is 1. The van der Waals surface area contributed by atoms with Crippen LogP contribution in [-0.2, 0) is 35.1 Å². The highest BCUT2D eigenvalue weighted by molar-refractivity contribution is 5.98. The molecule has 2 aliphatic rings. The molecule has 0 aromatic heterocycles. The number of methoxy groups -OCH3 is 1. The van der Waals surface area contributed by atoms with E-state index in [4.69, 9.17) is 0 Å². The van der Waals surface area contributed by atoms with Gasteiger partial charge in [0.25, 0.3) is 0 Å². The monoisotopic (exact) mass is 458 g/mol. The minimum atomic E-state index is -1.02. The molecule has 10 heteroatoms. The lowest BCUT2D eigenvalue weighted by Gasteiger charge is -2.43. The molecule has 0 unspecified atom stereocenters. The second-order valence-corrected chi connectivity index (χ2v) is 8.43. The molecule has 3 N–H and O–H groups in total. The number of ether oxygens (including phenoxy) is 1. The summed E-state index contributed by atoms with van der Waals surface area (Å²) in [4.78, 5) is 63.6. The Hall–Kier alpha value is -3.43. The van der Waals surface area contributed by atoms with E-state index in [1.165, 1.54) is 18.9 Å². The highest BCUT2D eigenvalue weighted by Gasteiger charge is 2.54. The normalized spacial score (nSPS) is 22.7. The van der Waals surface area contributed by atoms with Gasteiger partial charge in [0.1, 0.15) is 24.2 Å². The van der Waals surface area contributed by atoms with Crippen LogP contribution < -0.4 is 16.0 Å². The third-order valence-electron chi connectivity index (χ3n) is 6.24. The summed E-state index contributed by atoms with van der Waals surface area (Å²) in [6, 6.07) is 7.66. The maximum Gasteiger partial charge on any atom is 0.325 e. The number of fused-ring (bicyclic) bond motifs is 1. The van der Waals surface area contributed by atoms with Crippen molar-refractivity contribution < 1.29 is 28.7 Å². The number of hydrogen-bond acceptors (Lipinski definition) is 6. The molecule has 2 fully saturated rings. The summed E-state index contributed by atoms with van der Waals surface area (Å²) in [5, 5.41) is 7.99. The van der Waals surface area contributed by atoms with E-state index in [1.54, 1.807) is 0 Å². The van der Waals surface area contributed by atoms with E-state index in [2.05, 4.69) is 20.7 Å². The molecule has 178 valence electrons. The quantitative estimate of drug-likeness (QED) is 0.457. The second kappa shape index (κ2) is 10.5. The Labute approximate surface area is 192 Å². The maximum absolute atomic E-state index is 13.2. The Bertz CT molecular complexity index is 921. The van der Waals surface area contributed by atoms with E-state index in [0.29, 0.717) is 25.8 Å². The van der Waals surface area contributed by atoms with E-state index in [-0.39, 0.29) is 37.1 Å². The van der Waals surface area contributed by atoms with Crippen LogP contribution >= 0.6 is 0 Å². The lowest BCUT2D eigenvalue weighted by molar-refractivity contribution is -0.153. The summed E-state index contributed by atoms with van der Waals surface area (Å²) >= 11 is 0. The molecule has 0 saturated carbocycles. The van der Waals surface area contributed by atoms with Crippen LogP contribution in [0, 0.1) is 0 Å². The van der Waals surface area contributed by atoms with Gasteiger partial charge in [-0.2, -0.15) is 0 Å². The van der Waals surface area contributed by atoms with Crippen molar-refractivity contribution in [1.82, 2.24) is 20.9 Å². The zero-order valence-corrected chi connectivity index (χ0v) is 18.9. The first-order valence-electron chi connectivity index (χ1n) is 11.0. The third kappa shape index (κ3) is 5.50. The number of esters is 1. The molecule has 2 saturated heterocycles. The topological polar surface area (TPSA) is 134 Å². The average molecular weight is 459 g/mol. The minimum absolute atomic E-state index is 0.267. The molecule has 1 aromatic carbocycles. The second-order valence-electron chi connectivity index (χ2n) is 8.43. The van der Waals surface area contributed by atoms with Crippen molar-refractivity contribution in [2.45, 2.75) is 56.7 Å². The maximum atomic E-state index is 13.2. The van der Waals surface area contributed by atoms with E-state index in [9.17, 15) is 24.0 Å². The zero-order valence-electron chi connectivity index (χ0n) is 18.9. The number of amides is 4. The van der Waals surface area contributed by atoms with Crippen molar-refractivity contribution in [3.8, 4) is 0 Å². The van der Waals surface area contributed by atoms with Crippen LogP contribution in [0.15, 0.2) is 30.3 Å². The van der Waals surface area contributed by atoms with Crippen molar-refractivity contribution in [2.24, 2.45) is 0 Å². The first-order valence-corrected chi connectivity index (χ1v) is 11.0. The van der Waals surface area contributed by atoms with Crippen LogP contribution in [0.1, 0.15) is 38.2 Å². The molecule has 3 atom stereocenters. The number of hydrogen-bond donors (Lipinski definition) is 3. The smallest absolute Gasteiger partial charge is 0.325 e. The summed E-state index contributed by atoms with van der Waals surface area (Å²) in [5.41, 5.74) is -0.143. The van der Waals surface area contributed by atoms with Gasteiger partial charge in [-0.3, -0.25) is 24.0 Å². The molecule has 3 rings (SSSR count). The third-order valence-corrected chi connectivity index (χ3v) is 6.24. The van der Waals surface area contributed by atoms with E-state index in [0.717, 1.165) is 5.56 Å². The SMILES string of the molecule is COC(=O)CNC(=O)[C@]12CCCN1C(=O)[C@H](NC(=O)[C@@H](Cc1ccccc1)NC(C)=O)CC2. The van der Waals surface area contributed by atoms with Gasteiger partial charge in [0.2, 0.25) is 23.6 Å². The largest absolute Gasteiger partial charge is 0.468 e. The van der Waals surface area contributed by atoms with Crippen molar-refractivity contribution in [1.29, 1.82) is 0 Å². The van der Waals surface area contributed by atoms with Crippen LogP contribution in [0.4, 0.5) is 0 Å². The molecule has 2 heterocycles. The van der Waals surface area contributed by atoms with Crippen LogP contribution in [-0.4, -0.2) is 72.3 Å². The Morgan fingerprint density at radius 2 is 1.91 bits per heavy atom. The molecular formula is C23H30N4O6. The molecule has 4 amide bonds. The van der Waals surface area contributed by atoms with Gasteiger partial charge in [0.15, 0.2) is 0 Å². The lowest BCUT2D eigenvalue weighted by Crippen LogP contribution is -2.66. The fraction of sp³-hybridized carbons (Fsp3) is 0.522. The summed E-state index contributed by atoms with van der Waals surface area (Å²) in [7, 11) is 1.23. The standard InChI is InChI=1S/C23H30N4O6/c1-15(28)25-18(13-16-7-4-3-5-8-16)20(30)26-17-9-11-23(10-6-12-27(23)21(17)31)22(32)24-14-19(29)33-2/h3-5,7-8,17-18H,6,9-14H2,1-2H3,(H,24,32)(H,25,28)(H,26,30)/t17-,18-,23-/m1/s1. The Kier molecular flexibility index (Phi) is 7.67. The summed E-state index contributed by atoms with van der Waals surface area (Å²) in [5.74, 6) is -2.08. The van der Waals surface area contributed by atoms with Gasteiger partial charge in [-0.05, 0) is 31.2 Å². The van der Waals surface area contributed by atoms with Crippen LogP contribution in [0.5, 0.6) is 0 Å². The molecule has 33 heavy (non-hydrogen) atoms. The van der Waals surface area contributed by atoms with Crippen LogP contribution in [0.25, 0.3) is 0 Å². The summed E-state index contributed by atoms with van der Waals surface area (Å²) in [6.45, 7) is 1.47. The van der Waals surface area contributed by atoms with Gasteiger partial charge < -0.3 is 25.6 Å². The first-order chi connectivity index (χ1) is 15.8. The zero-order chi connectivity index (χ0) is 24.0. The number of carbonyl (C=O) groups is 5. The number of rotatable bonds is 8. The number of benzene rings is 1. The van der Waals surface area contributed by atoms with Gasteiger partial charge in [-0.25, -0.2) is 0 Å². The number of nitrogens with zero attached hydrogens (tertiary/aromatic N) is 1. The van der Waals surface area contributed by atoms with E-state index >= 15 is 0 Å². The molecule has 0 spiro atoms. The number of nitrogens with one attached hydrogen (secondary N) is 3. The fourth-order valence-electron chi connectivity index (χ4n) is 4.60. The molecular weight excluding hydrogens is 428 g/mol. The Morgan fingerprint density at radius 1 is 1.18 bits per heavy atom. The van der Waals surface area contributed by atoms with Crippen molar-refractivity contribution >= 4 is 29.6 Å². The van der Waals surface area contributed by atoms with Crippen LogP contribution in [0.3, 0.4) is 0 Å². The molecule has 0 bridgehead atoms. The minimum Gasteiger partial charge on any atom is -0.468 e. The lowest BCUT2D eigenvalue weighted by atomic mass is 9.83.